The van der Waals surface area contributed by atoms with Crippen LogP contribution in [0.1, 0.15) is 164 Å². The Hall–Kier alpha value is -6.69. The van der Waals surface area contributed by atoms with Crippen LogP contribution in [0.25, 0.3) is 11.1 Å². The number of carbonyl (C=O) groups is 6. The Morgan fingerprint density at radius 3 is 2.33 bits per heavy atom. The smallest absolute Gasteiger partial charge is 0.254 e. The molecule has 6 N–H and O–H groups in total. The van der Waals surface area contributed by atoms with Gasteiger partial charge in [-0.15, -0.1) is 0 Å². The summed E-state index contributed by atoms with van der Waals surface area (Å²) in [4.78, 5) is 91.6. The van der Waals surface area contributed by atoms with Crippen LogP contribution in [-0.4, -0.2) is 111 Å². The highest BCUT2D eigenvalue weighted by Gasteiger charge is 2.46. The number of Topliss-reactive ketones (excluding diaryl/α,β-unsaturated/α-hetero) is 1. The number of likely N-dealkylation sites (N-methyl/N-ethyl adjacent to an activating group) is 1. The summed E-state index contributed by atoms with van der Waals surface area (Å²) in [5, 5.41) is 17.0. The molecule has 5 amide bonds. The largest absolute Gasteiger partial charge is 0.382 e. The fourth-order valence-corrected chi connectivity index (χ4v) is 10.9. The van der Waals surface area contributed by atoms with Crippen LogP contribution in [0.3, 0.4) is 0 Å². The van der Waals surface area contributed by atoms with Gasteiger partial charge in [-0.25, -0.2) is 9.37 Å². The number of halogens is 1. The maximum atomic E-state index is 14.7. The molecule has 2 fully saturated rings. The number of nitrogens with one attached hydrogen (secondary N) is 4. The summed E-state index contributed by atoms with van der Waals surface area (Å²) in [5.74, 6) is -1.17. The predicted molar refractivity (Wildman–Crippen MR) is 292 cm³/mol. The third-order valence-corrected chi connectivity index (χ3v) is 15.3. The molecule has 0 saturated carbocycles. The summed E-state index contributed by atoms with van der Waals surface area (Å²) in [6.45, 7) is 10.9. The van der Waals surface area contributed by atoms with E-state index in [0.717, 1.165) is 67.3 Å². The zero-order chi connectivity index (χ0) is 54.7. The molecule has 0 spiro atoms. The second-order valence-corrected chi connectivity index (χ2v) is 22.1. The number of unbranched alkanes of at least 4 members (excludes halogenated alkanes) is 5. The van der Waals surface area contributed by atoms with Crippen molar-refractivity contribution in [1.29, 1.82) is 0 Å². The van der Waals surface area contributed by atoms with Crippen LogP contribution in [0.4, 0.5) is 15.9 Å². The molecule has 76 heavy (non-hydrogen) atoms. The number of aromatic nitrogens is 3. The molecule has 0 unspecified atom stereocenters. The highest BCUT2D eigenvalue weighted by atomic mass is 19.1. The van der Waals surface area contributed by atoms with E-state index in [4.69, 9.17) is 10.8 Å². The molecule has 0 radical (unpaired) electrons. The molecule has 2 aromatic carbocycles. The summed E-state index contributed by atoms with van der Waals surface area (Å²) in [6, 6.07) is 12.9. The number of hydrogen-bond acceptors (Lipinski definition) is 11. The van der Waals surface area contributed by atoms with E-state index in [9.17, 15) is 33.2 Å². The van der Waals surface area contributed by atoms with E-state index in [2.05, 4.69) is 31.2 Å². The minimum atomic E-state index is -0.906. The lowest BCUT2D eigenvalue weighted by molar-refractivity contribution is -0.144. The number of likely N-dealkylation sites (tertiary alicyclic amines) is 1. The highest BCUT2D eigenvalue weighted by molar-refractivity contribution is 5.96. The van der Waals surface area contributed by atoms with Crippen molar-refractivity contribution in [3.8, 4) is 11.1 Å². The number of nitrogens with zero attached hydrogens (tertiary/aromatic N) is 6. The fraction of sp³-hybridized carbons (Fsp3) is 0.552. The first-order chi connectivity index (χ1) is 36.4. The molecule has 18 heteroatoms. The first kappa shape index (κ1) is 57.0. The summed E-state index contributed by atoms with van der Waals surface area (Å²) in [6.07, 6.45) is 13.1. The molecule has 2 bridgehead atoms. The molecule has 17 nitrogen and oxygen atoms in total. The van der Waals surface area contributed by atoms with Crippen molar-refractivity contribution in [1.82, 2.24) is 45.8 Å². The molecule has 4 aromatic rings. The molecule has 7 rings (SSSR count). The molecule has 3 aliphatic rings. The van der Waals surface area contributed by atoms with Gasteiger partial charge in [0.05, 0.1) is 36.1 Å². The van der Waals surface area contributed by atoms with Crippen LogP contribution < -0.4 is 31.9 Å². The van der Waals surface area contributed by atoms with Crippen LogP contribution >= 0.6 is 0 Å². The van der Waals surface area contributed by atoms with E-state index in [0.29, 0.717) is 74.3 Å². The molecular weight excluding hydrogens is 966 g/mol. The van der Waals surface area contributed by atoms with Crippen molar-refractivity contribution < 1.29 is 33.2 Å². The molecule has 410 valence electrons. The first-order valence-corrected chi connectivity index (χ1v) is 27.4. The van der Waals surface area contributed by atoms with Crippen molar-refractivity contribution in [2.75, 3.05) is 37.8 Å². The topological polar surface area (TPSA) is 217 Å². The molecule has 5 heterocycles. The maximum absolute atomic E-state index is 14.7. The van der Waals surface area contributed by atoms with Gasteiger partial charge in [0.1, 0.15) is 29.5 Å². The number of hydrogen-bond donors (Lipinski definition) is 5. The zero-order valence-electron chi connectivity index (χ0n) is 45.6. The van der Waals surface area contributed by atoms with Gasteiger partial charge in [0.2, 0.25) is 23.6 Å². The van der Waals surface area contributed by atoms with Crippen LogP contribution in [0.15, 0.2) is 67.0 Å². The minimum Gasteiger partial charge on any atom is -0.382 e. The third-order valence-electron chi connectivity index (χ3n) is 15.3. The Kier molecular flexibility index (Phi) is 19.4. The predicted octanol–water partition coefficient (Wildman–Crippen LogP) is 7.56. The van der Waals surface area contributed by atoms with Gasteiger partial charge in [-0.2, -0.15) is 5.10 Å². The average Bonchev–Trinajstić information content (AvgIpc) is 4.17. The van der Waals surface area contributed by atoms with E-state index in [1.54, 1.807) is 38.2 Å². The lowest BCUT2D eigenvalue weighted by atomic mass is 9.85. The number of carbonyl (C=O) groups excluding carboxylic acids is 6. The van der Waals surface area contributed by atoms with E-state index in [1.165, 1.54) is 17.0 Å². The highest BCUT2D eigenvalue weighted by Crippen LogP contribution is 2.42. The molecular formula is C58H80FN11O6. The van der Waals surface area contributed by atoms with E-state index < -0.39 is 35.4 Å². The lowest BCUT2D eigenvalue weighted by Gasteiger charge is -2.36. The fourth-order valence-electron chi connectivity index (χ4n) is 10.9. The third kappa shape index (κ3) is 14.2. The van der Waals surface area contributed by atoms with Gasteiger partial charge >= 0.3 is 0 Å². The van der Waals surface area contributed by atoms with Gasteiger partial charge in [0.25, 0.3) is 5.91 Å². The Labute approximate surface area is 447 Å². The number of anilines is 2. The number of benzene rings is 2. The van der Waals surface area contributed by atoms with E-state index in [1.807, 2.05) is 75.0 Å². The van der Waals surface area contributed by atoms with Gasteiger partial charge in [-0.05, 0) is 99.7 Å². The average molecular weight is 1050 g/mol. The monoisotopic (exact) mass is 1050 g/mol. The molecule has 3 aliphatic heterocycles. The number of amides is 5. The number of nitrogens with two attached hydrogens (primary N) is 1. The lowest BCUT2D eigenvalue weighted by Crippen LogP contribution is -2.59. The summed E-state index contributed by atoms with van der Waals surface area (Å²) in [5.41, 5.74) is 10.9. The Bertz CT molecular complexity index is 2690. The number of fused-ring (bicyclic) bond motifs is 8. The van der Waals surface area contributed by atoms with Crippen LogP contribution in [0, 0.1) is 11.2 Å². The Morgan fingerprint density at radius 1 is 0.908 bits per heavy atom. The SMILES string of the molecule is CC[C@H](NC(=O)[C@H]1C[C@@H](NC(=O)CCCCCCCCC(=O)CCCn2cc3c(n2)CN(C)C(=O)c2ccc(F)cc2[C@H]2CCCN2c2cc-3cnc2N)CN1C(=O)[C@H](NC(=O)[C@@H](C)NC)C(C)(C)C)c1ccccc1. The van der Waals surface area contributed by atoms with Gasteiger partial charge in [-0.3, -0.25) is 33.4 Å². The summed E-state index contributed by atoms with van der Waals surface area (Å²) >= 11 is 0. The molecule has 0 aliphatic carbocycles. The summed E-state index contributed by atoms with van der Waals surface area (Å²) in [7, 11) is 3.40. The van der Waals surface area contributed by atoms with Crippen LogP contribution in [0.2, 0.25) is 0 Å². The zero-order valence-corrected chi connectivity index (χ0v) is 45.6. The van der Waals surface area contributed by atoms with Gasteiger partial charge < -0.3 is 41.7 Å². The Morgan fingerprint density at radius 2 is 1.62 bits per heavy atom. The minimum absolute atomic E-state index is 0.134. The summed E-state index contributed by atoms with van der Waals surface area (Å²) < 4.78 is 16.5. The molecule has 2 aromatic heterocycles. The van der Waals surface area contributed by atoms with Gasteiger partial charge in [0.15, 0.2) is 0 Å². The normalized spacial score (nSPS) is 18.6. The van der Waals surface area contributed by atoms with E-state index in [-0.39, 0.29) is 66.9 Å². The number of rotatable bonds is 22. The molecule has 6 atom stereocenters. The van der Waals surface area contributed by atoms with Crippen molar-refractivity contribution in [2.24, 2.45) is 5.41 Å². The number of pyridine rings is 1. The van der Waals surface area contributed by atoms with Crippen molar-refractivity contribution >= 4 is 46.8 Å². The van der Waals surface area contributed by atoms with Crippen LogP contribution in [0.5, 0.6) is 0 Å². The molecule has 2 saturated heterocycles. The second kappa shape index (κ2) is 25.9. The van der Waals surface area contributed by atoms with Crippen LogP contribution in [-0.2, 0) is 37.1 Å². The number of nitrogen functional groups attached to an aromatic ring is 1. The van der Waals surface area contributed by atoms with Gasteiger partial charge in [-0.1, -0.05) is 83.7 Å². The quantitative estimate of drug-likeness (QED) is 0.0484. The maximum Gasteiger partial charge on any atom is 0.254 e. The first-order valence-electron chi connectivity index (χ1n) is 27.4. The standard InChI is InChI=1S/C58H80FN11O6/c1-8-46(38-20-14-13-15-21-38)64-55(74)50-32-41(34-70(50)57(76)52(58(3,4)5)65-54(73)37(2)61-6)63-51(72)25-17-12-10-9-11-16-22-42(71)23-18-28-68-35-45-39-30-49(53(60)62-33-39)69-29-19-24-48(69)44-31-40(59)26-27-43(44)56(75)67(7)36-47(45)66-68/h13-15,20-21,26-27,30-31,33,35,37,41,46,48,50,52,61H,8-12,16-19,22-25,28-29,32,34,36H2,1-7H3,(H2,60,62)(H,63,72)(H,64,74)(H,65,73)/t37-,41-,46+,48-,50-,52+/m1/s1. The van der Waals surface area contributed by atoms with Crippen molar-refractivity contribution in [3.05, 3.63) is 95.2 Å². The van der Waals surface area contributed by atoms with Gasteiger partial charge in [0, 0.05) is 81.1 Å². The second-order valence-electron chi connectivity index (χ2n) is 22.1. The number of aryl methyl sites for hydroxylation is 1. The number of ketones is 1. The van der Waals surface area contributed by atoms with Crippen molar-refractivity contribution in [2.45, 2.75) is 174 Å². The van der Waals surface area contributed by atoms with Crippen molar-refractivity contribution in [3.63, 3.8) is 0 Å². The Balaban J connectivity index is 0.854. The van der Waals surface area contributed by atoms with E-state index >= 15 is 0 Å².